The van der Waals surface area contributed by atoms with Gasteiger partial charge >= 0.3 is 14.2 Å². The molecule has 2 aliphatic carbocycles. The van der Waals surface area contributed by atoms with E-state index in [9.17, 15) is 4.79 Å². The molecule has 0 bridgehead atoms. The highest BCUT2D eigenvalue weighted by molar-refractivity contribution is 7.30. The highest BCUT2D eigenvalue weighted by Gasteiger charge is 2.06. The fourth-order valence-electron chi connectivity index (χ4n) is 0.889. The van der Waals surface area contributed by atoms with E-state index in [4.69, 9.17) is 19.5 Å². The molecule has 6 heteroatoms. The minimum absolute atomic E-state index is 0.292. The van der Waals surface area contributed by atoms with E-state index in [1.165, 1.54) is 11.1 Å². The van der Waals surface area contributed by atoms with Gasteiger partial charge in [-0.1, -0.05) is 25.1 Å². The molecule has 0 saturated carbocycles. The molecule has 0 aliphatic heterocycles. The number of fused-ring (bicyclic) bond motifs is 1. The van der Waals surface area contributed by atoms with Crippen molar-refractivity contribution in [3.63, 3.8) is 0 Å². The Morgan fingerprint density at radius 1 is 1.31 bits per heavy atom. The molecule has 0 spiro atoms. The molecule has 0 amide bonds. The Bertz CT molecular complexity index is 343. The topological polar surface area (TPSA) is 94.8 Å². The molecule has 0 saturated heterocycles. The standard InChI is InChI=1S/C6H4.C4H8O2.HO3P/c1-2-5-4-6(5)3-1;1-2-3-4(5)6;1-4(2)3/h1-4H;2-3H2,1H3,(H,5,6);(H-,1,2,3)/p+1. The van der Waals surface area contributed by atoms with Crippen molar-refractivity contribution in [2.45, 2.75) is 19.8 Å². The number of carboxylic acid groups (broad SMARTS) is 1. The van der Waals surface area contributed by atoms with Gasteiger partial charge in [0.15, 0.2) is 0 Å². The van der Waals surface area contributed by atoms with Gasteiger partial charge in [-0.2, -0.15) is 0 Å². The zero-order valence-corrected chi connectivity index (χ0v) is 9.72. The number of hydrogen-bond acceptors (Lipinski definition) is 2. The summed E-state index contributed by atoms with van der Waals surface area (Å²) in [5, 5.41) is 7.91. The summed E-state index contributed by atoms with van der Waals surface area (Å²) in [5.74, 6) is -0.711. The van der Waals surface area contributed by atoms with Crippen LogP contribution < -0.4 is 0 Å². The van der Waals surface area contributed by atoms with E-state index >= 15 is 0 Å². The van der Waals surface area contributed by atoms with Gasteiger partial charge in [-0.25, -0.2) is 0 Å². The molecule has 2 aliphatic rings. The molecule has 0 aromatic rings. The summed E-state index contributed by atoms with van der Waals surface area (Å²) in [6, 6.07) is 8.48. The smallest absolute Gasteiger partial charge is 0.481 e. The number of benzene rings is 1. The number of aliphatic carboxylic acids is 1. The summed E-state index contributed by atoms with van der Waals surface area (Å²) in [7, 11) is -2.87. The summed E-state index contributed by atoms with van der Waals surface area (Å²) < 4.78 is 8.70. The van der Waals surface area contributed by atoms with Crippen LogP contribution in [0.15, 0.2) is 24.3 Å². The first-order valence-corrected chi connectivity index (χ1v) is 5.81. The lowest BCUT2D eigenvalue weighted by Crippen LogP contribution is -1.90. The Labute approximate surface area is 94.3 Å². The van der Waals surface area contributed by atoms with Gasteiger partial charge in [0, 0.05) is 11.0 Å². The van der Waals surface area contributed by atoms with Crippen molar-refractivity contribution < 1.29 is 24.3 Å². The maximum Gasteiger partial charge on any atom is 0.692 e. The normalized spacial score (nSPS) is 8.94. The quantitative estimate of drug-likeness (QED) is 0.705. The molecule has 2 rings (SSSR count). The van der Waals surface area contributed by atoms with Crippen LogP contribution in [0.2, 0.25) is 0 Å². The molecule has 0 fully saturated rings. The van der Waals surface area contributed by atoms with Crippen molar-refractivity contribution in [3.8, 4) is 11.1 Å². The maximum atomic E-state index is 9.60. The molecule has 16 heavy (non-hydrogen) atoms. The van der Waals surface area contributed by atoms with Gasteiger partial charge in [0.1, 0.15) is 0 Å². The van der Waals surface area contributed by atoms with E-state index in [-0.39, 0.29) is 0 Å². The summed E-state index contributed by atoms with van der Waals surface area (Å²) in [6.45, 7) is 1.84. The summed E-state index contributed by atoms with van der Waals surface area (Å²) >= 11 is 0. The van der Waals surface area contributed by atoms with Crippen LogP contribution in [-0.2, 0) is 9.36 Å². The van der Waals surface area contributed by atoms with Crippen LogP contribution in [0.5, 0.6) is 0 Å². The van der Waals surface area contributed by atoms with Gasteiger partial charge in [0.05, 0.1) is 0 Å². The number of rotatable bonds is 2. The van der Waals surface area contributed by atoms with Crippen molar-refractivity contribution in [1.29, 1.82) is 0 Å². The van der Waals surface area contributed by atoms with E-state index < -0.39 is 14.2 Å². The average molecular weight is 245 g/mol. The van der Waals surface area contributed by atoms with Crippen LogP contribution in [-0.4, -0.2) is 20.9 Å². The third-order valence-corrected chi connectivity index (χ3v) is 1.58. The minimum atomic E-state index is -2.87. The fraction of sp³-hybridized carbons (Fsp3) is 0.300. The molecule has 0 radical (unpaired) electrons. The second kappa shape index (κ2) is 7.93. The number of hydrogen-bond donors (Lipinski definition) is 3. The van der Waals surface area contributed by atoms with Crippen molar-refractivity contribution in [2.24, 2.45) is 0 Å². The van der Waals surface area contributed by atoms with Crippen LogP contribution in [0.3, 0.4) is 0 Å². The molecule has 3 N–H and O–H groups in total. The predicted octanol–water partition coefficient (Wildman–Crippen LogP) is 2.17. The molecule has 88 valence electrons. The fourth-order valence-corrected chi connectivity index (χ4v) is 0.889. The first-order chi connectivity index (χ1) is 7.47. The Morgan fingerprint density at radius 3 is 1.81 bits per heavy atom. The van der Waals surface area contributed by atoms with Gasteiger partial charge in [0.25, 0.3) is 0 Å². The summed E-state index contributed by atoms with van der Waals surface area (Å²) in [6.07, 6.45) is 1.02. The predicted molar refractivity (Wildman–Crippen MR) is 60.0 cm³/mol. The SMILES string of the molecule is CCCC(=O)O.O=[P+](O)O.c1cc2cc-2c1. The zero-order chi connectivity index (χ0) is 12.6. The molecular weight excluding hydrogens is 231 g/mol. The van der Waals surface area contributed by atoms with Crippen LogP contribution in [0.25, 0.3) is 11.1 Å². The Morgan fingerprint density at radius 2 is 1.75 bits per heavy atom. The number of carbonyl (C=O) groups is 1. The lowest BCUT2D eigenvalue weighted by atomic mass is 10.4. The van der Waals surface area contributed by atoms with Gasteiger partial charge in [-0.15, -0.1) is 9.79 Å². The second-order valence-electron chi connectivity index (χ2n) is 2.98. The van der Waals surface area contributed by atoms with Crippen LogP contribution in [0, 0.1) is 0 Å². The van der Waals surface area contributed by atoms with Crippen molar-refractivity contribution in [3.05, 3.63) is 24.3 Å². The number of carboxylic acids is 1. The summed E-state index contributed by atoms with van der Waals surface area (Å²) in [4.78, 5) is 23.8. The Hall–Kier alpha value is -1.29. The Kier molecular flexibility index (Phi) is 7.29. The average Bonchev–Trinajstić information content (AvgIpc) is 2.73. The van der Waals surface area contributed by atoms with Crippen LogP contribution in [0.4, 0.5) is 0 Å². The zero-order valence-electron chi connectivity index (χ0n) is 8.83. The van der Waals surface area contributed by atoms with Crippen molar-refractivity contribution >= 4 is 14.2 Å². The van der Waals surface area contributed by atoms with Crippen molar-refractivity contribution in [1.82, 2.24) is 0 Å². The van der Waals surface area contributed by atoms with E-state index in [2.05, 4.69) is 24.3 Å². The van der Waals surface area contributed by atoms with Crippen LogP contribution >= 0.6 is 8.25 Å². The third kappa shape index (κ3) is 9.27. The van der Waals surface area contributed by atoms with E-state index in [1.54, 1.807) is 0 Å². The first kappa shape index (κ1) is 14.7. The molecule has 0 aromatic heterocycles. The van der Waals surface area contributed by atoms with Gasteiger partial charge < -0.3 is 5.11 Å². The second-order valence-corrected chi connectivity index (χ2v) is 3.48. The third-order valence-electron chi connectivity index (χ3n) is 1.58. The van der Waals surface area contributed by atoms with Crippen molar-refractivity contribution in [2.75, 3.05) is 0 Å². The Balaban J connectivity index is 0.000000217. The minimum Gasteiger partial charge on any atom is -0.481 e. The molecule has 0 aromatic carbocycles. The van der Waals surface area contributed by atoms with Crippen LogP contribution in [0.1, 0.15) is 19.8 Å². The maximum absolute atomic E-state index is 9.60. The highest BCUT2D eigenvalue weighted by Crippen LogP contribution is 2.32. The monoisotopic (exact) mass is 245 g/mol. The lowest BCUT2D eigenvalue weighted by Gasteiger charge is -1.79. The molecule has 0 unspecified atom stereocenters. The molecular formula is C10H14O5P+. The van der Waals surface area contributed by atoms with E-state index in [0.717, 1.165) is 6.42 Å². The molecule has 5 nitrogen and oxygen atoms in total. The van der Waals surface area contributed by atoms with Gasteiger partial charge in [0.2, 0.25) is 0 Å². The summed E-state index contributed by atoms with van der Waals surface area (Å²) in [5.41, 5.74) is 2.85. The van der Waals surface area contributed by atoms with E-state index in [1.807, 2.05) is 6.92 Å². The molecule has 0 heterocycles. The lowest BCUT2D eigenvalue weighted by molar-refractivity contribution is -0.137. The van der Waals surface area contributed by atoms with Gasteiger partial charge in [-0.3, -0.25) is 4.79 Å². The highest BCUT2D eigenvalue weighted by atomic mass is 31.1. The molecule has 0 atom stereocenters. The van der Waals surface area contributed by atoms with Gasteiger partial charge in [-0.05, 0) is 23.6 Å². The van der Waals surface area contributed by atoms with E-state index in [0.29, 0.717) is 6.42 Å². The first-order valence-electron chi connectivity index (χ1n) is 4.64. The largest absolute Gasteiger partial charge is 0.692 e.